The van der Waals surface area contributed by atoms with Crippen LogP contribution in [0.4, 0.5) is 0 Å². The van der Waals surface area contributed by atoms with Crippen molar-refractivity contribution in [2.45, 2.75) is 13.8 Å². The normalized spacial score (nSPS) is 10.5. The summed E-state index contributed by atoms with van der Waals surface area (Å²) in [6, 6.07) is 11.6. The molecular weight excluding hydrogens is 248 g/mol. The Balaban J connectivity index is 2.22. The maximum atomic E-state index is 4.58. The lowest BCUT2D eigenvalue weighted by molar-refractivity contribution is 1.09. The second-order valence-electron chi connectivity index (χ2n) is 4.59. The summed E-state index contributed by atoms with van der Waals surface area (Å²) in [6.07, 6.45) is 3.51. The molecule has 0 N–H and O–H groups in total. The summed E-state index contributed by atoms with van der Waals surface area (Å²) in [7, 11) is 0. The average Bonchev–Trinajstić information content (AvgIpc) is 2.48. The standard InChI is InChI=1S/C16H14N4/c1-11-6-5-8-14(19-11)15-16(20-12(2)10-18-15)13-7-3-4-9-17-13/h3-10H,1-2H3. The molecule has 3 heterocycles. The van der Waals surface area contributed by atoms with E-state index >= 15 is 0 Å². The smallest absolute Gasteiger partial charge is 0.117 e. The first-order valence-electron chi connectivity index (χ1n) is 6.43. The molecule has 0 aromatic carbocycles. The van der Waals surface area contributed by atoms with E-state index in [1.165, 1.54) is 0 Å². The summed E-state index contributed by atoms with van der Waals surface area (Å²) in [5.41, 5.74) is 4.97. The first kappa shape index (κ1) is 12.4. The largest absolute Gasteiger partial charge is 0.255 e. The number of hydrogen-bond acceptors (Lipinski definition) is 4. The van der Waals surface area contributed by atoms with E-state index in [2.05, 4.69) is 19.9 Å². The molecule has 3 aromatic heterocycles. The molecule has 3 rings (SSSR count). The molecule has 0 aliphatic carbocycles. The molecule has 0 fully saturated rings. The summed E-state index contributed by atoms with van der Waals surface area (Å²) in [5, 5.41) is 0. The monoisotopic (exact) mass is 262 g/mol. The zero-order valence-corrected chi connectivity index (χ0v) is 11.4. The summed E-state index contributed by atoms with van der Waals surface area (Å²) < 4.78 is 0. The van der Waals surface area contributed by atoms with Crippen molar-refractivity contribution in [3.8, 4) is 22.8 Å². The van der Waals surface area contributed by atoms with Gasteiger partial charge in [-0.15, -0.1) is 0 Å². The van der Waals surface area contributed by atoms with Crippen molar-refractivity contribution in [3.05, 3.63) is 60.2 Å². The van der Waals surface area contributed by atoms with Gasteiger partial charge in [0.05, 0.1) is 17.1 Å². The Labute approximate surface area is 117 Å². The fourth-order valence-electron chi connectivity index (χ4n) is 2.02. The van der Waals surface area contributed by atoms with Crippen LogP contribution < -0.4 is 0 Å². The molecule has 4 heteroatoms. The molecule has 0 saturated heterocycles. The van der Waals surface area contributed by atoms with Crippen molar-refractivity contribution in [1.29, 1.82) is 0 Å². The van der Waals surface area contributed by atoms with E-state index in [-0.39, 0.29) is 0 Å². The highest BCUT2D eigenvalue weighted by Gasteiger charge is 2.13. The first-order chi connectivity index (χ1) is 9.74. The summed E-state index contributed by atoms with van der Waals surface area (Å²) in [5.74, 6) is 0. The van der Waals surface area contributed by atoms with Crippen LogP contribution in [-0.2, 0) is 0 Å². The number of nitrogens with zero attached hydrogens (tertiary/aromatic N) is 4. The topological polar surface area (TPSA) is 51.6 Å². The predicted octanol–water partition coefficient (Wildman–Crippen LogP) is 3.22. The van der Waals surface area contributed by atoms with E-state index in [4.69, 9.17) is 0 Å². The molecule has 0 saturated carbocycles. The van der Waals surface area contributed by atoms with Gasteiger partial charge in [0.2, 0.25) is 0 Å². The maximum Gasteiger partial charge on any atom is 0.117 e. The molecule has 0 unspecified atom stereocenters. The van der Waals surface area contributed by atoms with Gasteiger partial charge < -0.3 is 0 Å². The predicted molar refractivity (Wildman–Crippen MR) is 78.0 cm³/mol. The lowest BCUT2D eigenvalue weighted by Gasteiger charge is -2.08. The fourth-order valence-corrected chi connectivity index (χ4v) is 2.02. The minimum Gasteiger partial charge on any atom is -0.255 e. The highest BCUT2D eigenvalue weighted by molar-refractivity contribution is 5.73. The summed E-state index contributed by atoms with van der Waals surface area (Å²) in [6.45, 7) is 3.89. The maximum absolute atomic E-state index is 4.58. The van der Waals surface area contributed by atoms with Gasteiger partial charge in [-0.3, -0.25) is 15.0 Å². The quantitative estimate of drug-likeness (QED) is 0.711. The molecule has 4 nitrogen and oxygen atoms in total. The fraction of sp³-hybridized carbons (Fsp3) is 0.125. The number of hydrogen-bond donors (Lipinski definition) is 0. The van der Waals surface area contributed by atoms with Crippen molar-refractivity contribution in [2.75, 3.05) is 0 Å². The summed E-state index contributed by atoms with van der Waals surface area (Å²) >= 11 is 0. The second kappa shape index (κ2) is 5.17. The van der Waals surface area contributed by atoms with Gasteiger partial charge in [0.25, 0.3) is 0 Å². The van der Waals surface area contributed by atoms with Crippen LogP contribution >= 0.6 is 0 Å². The molecular formula is C16H14N4. The van der Waals surface area contributed by atoms with E-state index in [1.54, 1.807) is 12.4 Å². The van der Waals surface area contributed by atoms with Gasteiger partial charge in [-0.25, -0.2) is 4.98 Å². The third-order valence-corrected chi connectivity index (χ3v) is 2.93. The Morgan fingerprint density at radius 3 is 2.30 bits per heavy atom. The van der Waals surface area contributed by atoms with Crippen LogP contribution in [-0.4, -0.2) is 19.9 Å². The van der Waals surface area contributed by atoms with Gasteiger partial charge in [0, 0.05) is 18.1 Å². The SMILES string of the molecule is Cc1cccc(-c2ncc(C)nc2-c2ccccn2)n1. The van der Waals surface area contributed by atoms with Crippen LogP contribution in [0.1, 0.15) is 11.4 Å². The number of aryl methyl sites for hydroxylation is 2. The van der Waals surface area contributed by atoms with Crippen LogP contribution in [0.25, 0.3) is 22.8 Å². The van der Waals surface area contributed by atoms with Crippen molar-refractivity contribution in [2.24, 2.45) is 0 Å². The van der Waals surface area contributed by atoms with Crippen molar-refractivity contribution >= 4 is 0 Å². The molecule has 0 bridgehead atoms. The highest BCUT2D eigenvalue weighted by Crippen LogP contribution is 2.26. The Hall–Kier alpha value is -2.62. The number of aromatic nitrogens is 4. The number of pyridine rings is 2. The number of rotatable bonds is 2. The van der Waals surface area contributed by atoms with Crippen LogP contribution in [0, 0.1) is 13.8 Å². The van der Waals surface area contributed by atoms with E-state index in [9.17, 15) is 0 Å². The Bertz CT molecular complexity index is 738. The average molecular weight is 262 g/mol. The van der Waals surface area contributed by atoms with Crippen molar-refractivity contribution in [3.63, 3.8) is 0 Å². The first-order valence-corrected chi connectivity index (χ1v) is 6.43. The van der Waals surface area contributed by atoms with Gasteiger partial charge in [-0.1, -0.05) is 12.1 Å². The molecule has 98 valence electrons. The van der Waals surface area contributed by atoms with Crippen molar-refractivity contribution < 1.29 is 0 Å². The van der Waals surface area contributed by atoms with Gasteiger partial charge in [-0.2, -0.15) is 0 Å². The van der Waals surface area contributed by atoms with Gasteiger partial charge in [0.1, 0.15) is 11.4 Å². The van der Waals surface area contributed by atoms with E-state index in [0.717, 1.165) is 34.2 Å². The van der Waals surface area contributed by atoms with Crippen LogP contribution in [0.5, 0.6) is 0 Å². The lowest BCUT2D eigenvalue weighted by Crippen LogP contribution is -1.98. The van der Waals surface area contributed by atoms with Crippen molar-refractivity contribution in [1.82, 2.24) is 19.9 Å². The molecule has 0 aliphatic rings. The second-order valence-corrected chi connectivity index (χ2v) is 4.59. The molecule has 0 spiro atoms. The molecule has 3 aromatic rings. The zero-order valence-electron chi connectivity index (χ0n) is 11.4. The van der Waals surface area contributed by atoms with E-state index < -0.39 is 0 Å². The van der Waals surface area contributed by atoms with Gasteiger partial charge in [0.15, 0.2) is 0 Å². The van der Waals surface area contributed by atoms with E-state index in [1.807, 2.05) is 50.2 Å². The molecule has 20 heavy (non-hydrogen) atoms. The van der Waals surface area contributed by atoms with Gasteiger partial charge in [-0.05, 0) is 38.1 Å². The molecule has 0 aliphatic heterocycles. The molecule has 0 atom stereocenters. The Kier molecular flexibility index (Phi) is 3.21. The minimum atomic E-state index is 0.762. The third-order valence-electron chi connectivity index (χ3n) is 2.93. The Morgan fingerprint density at radius 2 is 1.55 bits per heavy atom. The minimum absolute atomic E-state index is 0.762. The molecule has 0 radical (unpaired) electrons. The van der Waals surface area contributed by atoms with Crippen LogP contribution in [0.15, 0.2) is 48.8 Å². The van der Waals surface area contributed by atoms with Crippen LogP contribution in [0.2, 0.25) is 0 Å². The lowest BCUT2D eigenvalue weighted by atomic mass is 10.1. The van der Waals surface area contributed by atoms with Gasteiger partial charge >= 0.3 is 0 Å². The highest BCUT2D eigenvalue weighted by atomic mass is 14.9. The third kappa shape index (κ3) is 2.40. The molecule has 0 amide bonds. The zero-order chi connectivity index (χ0) is 13.9. The van der Waals surface area contributed by atoms with Crippen LogP contribution in [0.3, 0.4) is 0 Å². The van der Waals surface area contributed by atoms with E-state index in [0.29, 0.717) is 0 Å². The Morgan fingerprint density at radius 1 is 0.700 bits per heavy atom. The summed E-state index contributed by atoms with van der Waals surface area (Å²) in [4.78, 5) is 18.0.